The van der Waals surface area contributed by atoms with E-state index in [4.69, 9.17) is 26.2 Å². The summed E-state index contributed by atoms with van der Waals surface area (Å²) in [5.74, 6) is -2.06. The smallest absolute Gasteiger partial charge is 0.490 e. The molecule has 1 saturated heterocycles. The molecule has 0 spiro atoms. The summed E-state index contributed by atoms with van der Waals surface area (Å²) >= 11 is 5.89. The van der Waals surface area contributed by atoms with E-state index >= 15 is 0 Å². The number of nitrogens with zero attached hydrogens (tertiary/aromatic N) is 1. The number of hydrogen-bond donors (Lipinski definition) is 3. The number of aliphatic carboxylic acids is 1. The summed E-state index contributed by atoms with van der Waals surface area (Å²) in [6.45, 7) is 2.56. The maximum Gasteiger partial charge on any atom is 0.490 e. The van der Waals surface area contributed by atoms with Crippen molar-refractivity contribution in [2.24, 2.45) is 0 Å². The zero-order valence-corrected chi connectivity index (χ0v) is 21.8. The van der Waals surface area contributed by atoms with E-state index in [1.165, 1.54) is 0 Å². The zero-order chi connectivity index (χ0) is 28.6. The maximum atomic E-state index is 12.4. The minimum absolute atomic E-state index is 0.173. The molecule has 1 fully saturated rings. The number of rotatable bonds is 6. The van der Waals surface area contributed by atoms with Crippen molar-refractivity contribution in [3.05, 3.63) is 82.9 Å². The minimum Gasteiger partial charge on any atom is -0.496 e. The van der Waals surface area contributed by atoms with E-state index in [1.807, 2.05) is 36.4 Å². The third kappa shape index (κ3) is 8.98. The van der Waals surface area contributed by atoms with E-state index in [2.05, 4.69) is 16.3 Å². The van der Waals surface area contributed by atoms with Gasteiger partial charge in [0.05, 0.1) is 13.2 Å². The number of carbonyl (C=O) groups is 2. The largest absolute Gasteiger partial charge is 0.496 e. The minimum atomic E-state index is -5.08. The van der Waals surface area contributed by atoms with E-state index in [9.17, 15) is 23.1 Å². The normalized spacial score (nSPS) is 14.2. The van der Waals surface area contributed by atoms with Gasteiger partial charge in [-0.25, -0.2) is 4.79 Å². The number of amides is 1. The van der Waals surface area contributed by atoms with Crippen molar-refractivity contribution in [3.63, 3.8) is 0 Å². The Morgan fingerprint density at radius 2 is 1.56 bits per heavy atom. The predicted octanol–water partition coefficient (Wildman–Crippen LogP) is 5.86. The van der Waals surface area contributed by atoms with Crippen molar-refractivity contribution in [3.8, 4) is 16.9 Å². The number of anilines is 1. The summed E-state index contributed by atoms with van der Waals surface area (Å²) in [5, 5.41) is 20.4. The molecule has 0 unspecified atom stereocenters. The van der Waals surface area contributed by atoms with E-state index in [0.29, 0.717) is 10.6 Å². The van der Waals surface area contributed by atoms with E-state index in [0.717, 1.165) is 60.6 Å². The quantitative estimate of drug-likeness (QED) is 0.347. The number of ether oxygens (including phenoxy) is 1. The summed E-state index contributed by atoms with van der Waals surface area (Å²) in [6.07, 6.45) is -3.64. The van der Waals surface area contributed by atoms with Crippen LogP contribution in [0.2, 0.25) is 5.02 Å². The third-order valence-electron chi connectivity index (χ3n) is 6.06. The number of hydrogen-bond acceptors (Lipinski definition) is 5. The lowest BCUT2D eigenvalue weighted by Crippen LogP contribution is -2.35. The molecule has 0 radical (unpaired) electrons. The van der Waals surface area contributed by atoms with Gasteiger partial charge in [-0.1, -0.05) is 29.8 Å². The van der Waals surface area contributed by atoms with E-state index in [1.54, 1.807) is 31.4 Å². The molecule has 1 amide bonds. The van der Waals surface area contributed by atoms with Gasteiger partial charge in [-0.15, -0.1) is 0 Å². The number of aliphatic hydroxyl groups is 1. The number of piperidine rings is 1. The van der Waals surface area contributed by atoms with Crippen LogP contribution in [0.3, 0.4) is 0 Å². The van der Waals surface area contributed by atoms with Gasteiger partial charge in [0.2, 0.25) is 0 Å². The number of methoxy groups -OCH3 is 1. The Hall–Kier alpha value is -3.60. The lowest BCUT2D eigenvalue weighted by Gasteiger charge is -2.30. The van der Waals surface area contributed by atoms with Crippen LogP contribution in [0.1, 0.15) is 28.8 Å². The van der Waals surface area contributed by atoms with Gasteiger partial charge in [0.15, 0.2) is 0 Å². The molecule has 3 aromatic carbocycles. The lowest BCUT2D eigenvalue weighted by molar-refractivity contribution is -0.192. The topological polar surface area (TPSA) is 99.1 Å². The number of aliphatic hydroxyl groups excluding tert-OH is 1. The number of likely N-dealkylation sites (tertiary alicyclic amines) is 1. The fraction of sp³-hybridized carbons (Fsp3) is 0.286. The van der Waals surface area contributed by atoms with Gasteiger partial charge >= 0.3 is 12.1 Å². The molecule has 11 heteroatoms. The van der Waals surface area contributed by atoms with Gasteiger partial charge in [0, 0.05) is 41.5 Å². The number of carboxylic acids is 1. The predicted molar refractivity (Wildman–Crippen MR) is 142 cm³/mol. The Balaban J connectivity index is 0.000000532. The highest BCUT2D eigenvalue weighted by Crippen LogP contribution is 2.29. The Morgan fingerprint density at radius 3 is 2.10 bits per heavy atom. The van der Waals surface area contributed by atoms with Crippen LogP contribution < -0.4 is 10.1 Å². The molecule has 1 aliphatic heterocycles. The van der Waals surface area contributed by atoms with Crippen LogP contribution in [-0.4, -0.2) is 59.5 Å². The summed E-state index contributed by atoms with van der Waals surface area (Å²) in [5.41, 5.74) is 4.57. The lowest BCUT2D eigenvalue weighted by atomic mass is 10.0. The monoisotopic (exact) mass is 564 g/mol. The molecule has 7 nitrogen and oxygen atoms in total. The van der Waals surface area contributed by atoms with Crippen molar-refractivity contribution in [1.29, 1.82) is 0 Å². The van der Waals surface area contributed by atoms with Gasteiger partial charge in [-0.2, -0.15) is 13.2 Å². The Bertz CT molecular complexity index is 1260. The van der Waals surface area contributed by atoms with Crippen LogP contribution >= 0.6 is 11.6 Å². The number of benzene rings is 3. The molecule has 1 heterocycles. The fourth-order valence-electron chi connectivity index (χ4n) is 3.95. The standard InChI is InChI=1S/C26H27ClN2O3.C2HF3O2/c1-32-25-11-6-20(16-21(25)17-29-14-12-24(30)13-15-29)18-4-9-23(10-5-18)28-26(31)19-2-7-22(27)8-3-19;3-2(4,5)1(6)7/h2-11,16,24,30H,12-15,17H2,1H3,(H,28,31);(H,6,7). The van der Waals surface area contributed by atoms with Gasteiger partial charge in [-0.05, 0) is 72.5 Å². The first-order valence-electron chi connectivity index (χ1n) is 12.0. The summed E-state index contributed by atoms with van der Waals surface area (Å²) in [6, 6.07) is 20.8. The molecule has 1 aliphatic rings. The molecule has 39 heavy (non-hydrogen) atoms. The molecule has 0 bridgehead atoms. The van der Waals surface area contributed by atoms with E-state index in [-0.39, 0.29) is 12.0 Å². The third-order valence-corrected chi connectivity index (χ3v) is 6.31. The SMILES string of the molecule is COc1ccc(-c2ccc(NC(=O)c3ccc(Cl)cc3)cc2)cc1CN1CCC(O)CC1.O=C(O)C(F)(F)F. The molecular weight excluding hydrogens is 537 g/mol. The zero-order valence-electron chi connectivity index (χ0n) is 21.0. The molecule has 4 rings (SSSR count). The molecule has 3 N–H and O–H groups in total. The second kappa shape index (κ2) is 13.5. The molecule has 0 aliphatic carbocycles. The van der Waals surface area contributed by atoms with Crippen molar-refractivity contribution in [2.75, 3.05) is 25.5 Å². The second-order valence-electron chi connectivity index (χ2n) is 8.88. The van der Waals surface area contributed by atoms with Crippen molar-refractivity contribution < 1.29 is 37.7 Å². The van der Waals surface area contributed by atoms with Crippen LogP contribution in [0.4, 0.5) is 18.9 Å². The fourth-order valence-corrected chi connectivity index (χ4v) is 4.08. The summed E-state index contributed by atoms with van der Waals surface area (Å²) < 4.78 is 37.3. The maximum absolute atomic E-state index is 12.4. The average molecular weight is 565 g/mol. The highest BCUT2D eigenvalue weighted by Gasteiger charge is 2.38. The number of halogens is 4. The Kier molecular flexibility index (Phi) is 10.3. The number of alkyl halides is 3. The van der Waals surface area contributed by atoms with Crippen LogP contribution in [-0.2, 0) is 11.3 Å². The summed E-state index contributed by atoms with van der Waals surface area (Å²) in [4.78, 5) is 23.7. The van der Waals surface area contributed by atoms with Crippen LogP contribution in [0, 0.1) is 0 Å². The van der Waals surface area contributed by atoms with Gasteiger partial charge < -0.3 is 20.3 Å². The van der Waals surface area contributed by atoms with Crippen LogP contribution in [0.25, 0.3) is 11.1 Å². The Labute approximate surface area is 228 Å². The molecule has 3 aromatic rings. The number of carboxylic acid groups (broad SMARTS) is 1. The first kappa shape index (κ1) is 29.9. The average Bonchev–Trinajstić information content (AvgIpc) is 2.90. The Morgan fingerprint density at radius 1 is 1.00 bits per heavy atom. The van der Waals surface area contributed by atoms with Gasteiger partial charge in [0.1, 0.15) is 5.75 Å². The molecule has 0 atom stereocenters. The van der Waals surface area contributed by atoms with Crippen LogP contribution in [0.15, 0.2) is 66.7 Å². The molecule has 0 saturated carbocycles. The highest BCUT2D eigenvalue weighted by molar-refractivity contribution is 6.30. The van der Waals surface area contributed by atoms with Crippen molar-refractivity contribution >= 4 is 29.2 Å². The van der Waals surface area contributed by atoms with Crippen LogP contribution in [0.5, 0.6) is 5.75 Å². The van der Waals surface area contributed by atoms with Crippen molar-refractivity contribution in [1.82, 2.24) is 4.90 Å². The van der Waals surface area contributed by atoms with Gasteiger partial charge in [0.25, 0.3) is 5.91 Å². The number of carbonyl (C=O) groups excluding carboxylic acids is 1. The van der Waals surface area contributed by atoms with E-state index < -0.39 is 12.1 Å². The first-order valence-corrected chi connectivity index (χ1v) is 12.4. The number of nitrogens with one attached hydrogen (secondary N) is 1. The molecular formula is C28H28ClF3N2O5. The second-order valence-corrected chi connectivity index (χ2v) is 9.31. The molecule has 208 valence electrons. The molecule has 0 aromatic heterocycles. The van der Waals surface area contributed by atoms with Crippen molar-refractivity contribution in [2.45, 2.75) is 31.7 Å². The van der Waals surface area contributed by atoms with Gasteiger partial charge in [-0.3, -0.25) is 9.69 Å². The first-order chi connectivity index (χ1) is 18.5. The highest BCUT2D eigenvalue weighted by atomic mass is 35.5. The summed E-state index contributed by atoms with van der Waals surface area (Å²) in [7, 11) is 1.69.